The van der Waals surface area contributed by atoms with Gasteiger partial charge in [0.15, 0.2) is 0 Å². The van der Waals surface area contributed by atoms with Crippen LogP contribution < -0.4 is 25.6 Å². The number of methoxy groups -OCH3 is 1. The number of hydrogen-bond donors (Lipinski definition) is 3. The van der Waals surface area contributed by atoms with Crippen molar-refractivity contribution in [2.75, 3.05) is 56.9 Å². The van der Waals surface area contributed by atoms with Crippen LogP contribution in [-0.4, -0.2) is 51.3 Å². The lowest BCUT2D eigenvalue weighted by Gasteiger charge is -2.24. The summed E-state index contributed by atoms with van der Waals surface area (Å²) in [6.45, 7) is 13.1. The molecule has 0 amide bonds. The first-order valence-electron chi connectivity index (χ1n) is 14.9. The molecule has 1 atom stereocenters. The third kappa shape index (κ3) is 7.79. The Kier molecular flexibility index (Phi) is 12.0. The van der Waals surface area contributed by atoms with E-state index in [1.807, 2.05) is 26.4 Å². The number of hydrogen-bond acceptors (Lipinski definition) is 7. The molecule has 0 saturated heterocycles. The molecule has 0 aliphatic heterocycles. The van der Waals surface area contributed by atoms with Crippen LogP contribution in [0.4, 0.5) is 23.0 Å². The summed E-state index contributed by atoms with van der Waals surface area (Å²) in [6.07, 6.45) is 6.38. The van der Waals surface area contributed by atoms with Gasteiger partial charge in [0, 0.05) is 45.0 Å². The molecule has 7 nitrogen and oxygen atoms in total. The van der Waals surface area contributed by atoms with Crippen molar-refractivity contribution >= 4 is 28.6 Å². The Hall–Kier alpha value is -3.58. The van der Waals surface area contributed by atoms with Crippen LogP contribution in [0.1, 0.15) is 69.3 Å². The number of ether oxygens (including phenoxy) is 1. The van der Waals surface area contributed by atoms with Gasteiger partial charge in [-0.1, -0.05) is 51.0 Å². The summed E-state index contributed by atoms with van der Waals surface area (Å²) < 4.78 is 5.81. The maximum absolute atomic E-state index is 5.81. The molecule has 0 fully saturated rings. The molecule has 0 saturated carbocycles. The average Bonchev–Trinajstić information content (AvgIpc) is 2.99. The number of benzene rings is 2. The van der Waals surface area contributed by atoms with E-state index >= 15 is 0 Å². The van der Waals surface area contributed by atoms with Crippen molar-refractivity contribution in [2.24, 2.45) is 5.92 Å². The van der Waals surface area contributed by atoms with Crippen molar-refractivity contribution in [2.45, 2.75) is 60.3 Å². The SMILES string of the molecule is CCCCc1cccc(/C(=C(/C)C(C)CC)c2ccnc(Nc3cc(NC)c(N(C)CCNC)cc3OC)n2)c1C. The number of allylic oxidation sites excluding steroid dienone is 1. The van der Waals surface area contributed by atoms with E-state index in [2.05, 4.69) is 97.8 Å². The molecule has 222 valence electrons. The summed E-state index contributed by atoms with van der Waals surface area (Å²) in [7, 11) is 7.67. The fraction of sp³-hybridized carbons (Fsp3) is 0.471. The second-order valence-electron chi connectivity index (χ2n) is 10.8. The molecule has 1 aromatic heterocycles. The van der Waals surface area contributed by atoms with E-state index in [-0.39, 0.29) is 0 Å². The molecular formula is C34H50N6O. The van der Waals surface area contributed by atoms with E-state index in [0.717, 1.165) is 54.4 Å². The molecule has 0 radical (unpaired) electrons. The Morgan fingerprint density at radius 2 is 1.88 bits per heavy atom. The van der Waals surface area contributed by atoms with Crippen molar-refractivity contribution < 1.29 is 4.74 Å². The topological polar surface area (TPSA) is 74.3 Å². The smallest absolute Gasteiger partial charge is 0.227 e. The van der Waals surface area contributed by atoms with Crippen LogP contribution in [0.5, 0.6) is 5.75 Å². The molecule has 0 aliphatic carbocycles. The molecule has 7 heteroatoms. The third-order valence-electron chi connectivity index (χ3n) is 8.11. The van der Waals surface area contributed by atoms with Gasteiger partial charge in [-0.05, 0) is 74.9 Å². The van der Waals surface area contributed by atoms with Crippen LogP contribution in [0.25, 0.3) is 5.57 Å². The normalized spacial score (nSPS) is 12.5. The molecule has 0 bridgehead atoms. The van der Waals surface area contributed by atoms with Crippen LogP contribution in [-0.2, 0) is 6.42 Å². The van der Waals surface area contributed by atoms with Gasteiger partial charge >= 0.3 is 0 Å². The highest BCUT2D eigenvalue weighted by atomic mass is 16.5. The Balaban J connectivity index is 2.08. The first-order valence-corrected chi connectivity index (χ1v) is 14.9. The van der Waals surface area contributed by atoms with E-state index in [1.165, 1.54) is 40.7 Å². The number of nitrogens with zero attached hydrogens (tertiary/aromatic N) is 3. The van der Waals surface area contributed by atoms with E-state index < -0.39 is 0 Å². The van der Waals surface area contributed by atoms with Crippen molar-refractivity contribution in [3.8, 4) is 5.75 Å². The minimum Gasteiger partial charge on any atom is -0.494 e. The van der Waals surface area contributed by atoms with Gasteiger partial charge in [-0.25, -0.2) is 9.97 Å². The number of unbranched alkanes of at least 4 members (excludes halogenated alkanes) is 1. The van der Waals surface area contributed by atoms with E-state index in [4.69, 9.17) is 9.72 Å². The summed E-state index contributed by atoms with van der Waals surface area (Å²) in [5, 5.41) is 10.00. The number of rotatable bonds is 15. The Labute approximate surface area is 247 Å². The van der Waals surface area contributed by atoms with Gasteiger partial charge in [0.2, 0.25) is 5.95 Å². The predicted molar refractivity (Wildman–Crippen MR) is 176 cm³/mol. The fourth-order valence-corrected chi connectivity index (χ4v) is 5.13. The summed E-state index contributed by atoms with van der Waals surface area (Å²) in [4.78, 5) is 11.9. The van der Waals surface area contributed by atoms with Crippen LogP contribution in [0, 0.1) is 12.8 Å². The van der Waals surface area contributed by atoms with Gasteiger partial charge in [-0.3, -0.25) is 0 Å². The average molecular weight is 559 g/mol. The second kappa shape index (κ2) is 15.4. The van der Waals surface area contributed by atoms with E-state index in [1.54, 1.807) is 7.11 Å². The molecule has 2 aromatic carbocycles. The highest BCUT2D eigenvalue weighted by Crippen LogP contribution is 2.38. The molecule has 3 rings (SSSR count). The molecule has 0 spiro atoms. The predicted octanol–water partition coefficient (Wildman–Crippen LogP) is 7.45. The van der Waals surface area contributed by atoms with Gasteiger partial charge in [0.05, 0.1) is 29.9 Å². The van der Waals surface area contributed by atoms with Crippen molar-refractivity contribution in [3.63, 3.8) is 0 Å². The van der Waals surface area contributed by atoms with Gasteiger partial charge in [-0.2, -0.15) is 0 Å². The summed E-state index contributed by atoms with van der Waals surface area (Å²) >= 11 is 0. The monoisotopic (exact) mass is 558 g/mol. The molecule has 0 aliphatic rings. The van der Waals surface area contributed by atoms with E-state index in [0.29, 0.717) is 11.9 Å². The van der Waals surface area contributed by atoms with Gasteiger partial charge in [0.25, 0.3) is 0 Å². The zero-order valence-electron chi connectivity index (χ0n) is 26.6. The zero-order valence-corrected chi connectivity index (χ0v) is 26.6. The number of nitrogens with one attached hydrogen (secondary N) is 3. The Morgan fingerprint density at radius 1 is 1.10 bits per heavy atom. The third-order valence-corrected chi connectivity index (χ3v) is 8.11. The quantitative estimate of drug-likeness (QED) is 0.179. The van der Waals surface area contributed by atoms with Crippen molar-refractivity contribution in [1.82, 2.24) is 15.3 Å². The van der Waals surface area contributed by atoms with Gasteiger partial charge in [0.1, 0.15) is 5.75 Å². The zero-order chi connectivity index (χ0) is 29.9. The molecule has 3 aromatic rings. The number of aryl methyl sites for hydroxylation is 1. The van der Waals surface area contributed by atoms with Crippen LogP contribution in [0.15, 0.2) is 48.2 Å². The van der Waals surface area contributed by atoms with Crippen molar-refractivity contribution in [3.05, 3.63) is 70.6 Å². The molecule has 1 heterocycles. The lowest BCUT2D eigenvalue weighted by Crippen LogP contribution is -2.27. The minimum atomic E-state index is 0.431. The minimum absolute atomic E-state index is 0.431. The van der Waals surface area contributed by atoms with Gasteiger partial charge in [-0.15, -0.1) is 0 Å². The molecule has 3 N–H and O–H groups in total. The highest BCUT2D eigenvalue weighted by molar-refractivity contribution is 5.84. The highest BCUT2D eigenvalue weighted by Gasteiger charge is 2.19. The fourth-order valence-electron chi connectivity index (χ4n) is 5.13. The first-order chi connectivity index (χ1) is 19.8. The number of aromatic nitrogens is 2. The van der Waals surface area contributed by atoms with Crippen LogP contribution in [0.3, 0.4) is 0 Å². The first kappa shape index (κ1) is 31.9. The summed E-state index contributed by atoms with van der Waals surface area (Å²) in [5.74, 6) is 1.70. The molecule has 41 heavy (non-hydrogen) atoms. The Morgan fingerprint density at radius 3 is 2.54 bits per heavy atom. The number of likely N-dealkylation sites (N-methyl/N-ethyl adjacent to an activating group) is 2. The molecule has 1 unspecified atom stereocenters. The van der Waals surface area contributed by atoms with Crippen LogP contribution in [0.2, 0.25) is 0 Å². The summed E-state index contributed by atoms with van der Waals surface area (Å²) in [5.41, 5.74) is 10.3. The number of anilines is 4. The lowest BCUT2D eigenvalue weighted by atomic mass is 9.85. The maximum Gasteiger partial charge on any atom is 0.227 e. The summed E-state index contributed by atoms with van der Waals surface area (Å²) in [6, 6.07) is 12.8. The Bertz CT molecular complexity index is 1320. The molecular weight excluding hydrogens is 508 g/mol. The maximum atomic E-state index is 5.81. The second-order valence-corrected chi connectivity index (χ2v) is 10.8. The standard InChI is InChI=1S/C34H50N6O/c1-10-12-14-26-15-13-16-27(25(26)5)33(24(4)23(3)11-2)28-17-18-37-34(38-28)39-30-21-29(36-7)31(22-32(30)41-9)40(8)20-19-35-6/h13,15-18,21-23,35-36H,10-12,14,19-20H2,1-9H3,(H,37,38,39)/b33-24+. The van der Waals surface area contributed by atoms with Crippen LogP contribution >= 0.6 is 0 Å². The lowest BCUT2D eigenvalue weighted by molar-refractivity contribution is 0.417. The van der Waals surface area contributed by atoms with E-state index in [9.17, 15) is 0 Å². The largest absolute Gasteiger partial charge is 0.494 e. The van der Waals surface area contributed by atoms with Gasteiger partial charge < -0.3 is 25.6 Å². The van der Waals surface area contributed by atoms with Crippen molar-refractivity contribution in [1.29, 1.82) is 0 Å².